The molecule has 1 aromatic carbocycles. The first-order valence-corrected chi connectivity index (χ1v) is 7.34. The predicted octanol–water partition coefficient (Wildman–Crippen LogP) is 2.32. The minimum absolute atomic E-state index is 0.397. The van der Waals surface area contributed by atoms with Crippen LogP contribution in [0.15, 0.2) is 18.2 Å². The molecule has 0 unspecified atom stereocenters. The minimum atomic E-state index is -1.02. The fraction of sp³-hybridized carbons (Fsp3) is 0.467. The van der Waals surface area contributed by atoms with E-state index in [9.17, 15) is 4.79 Å². The van der Waals surface area contributed by atoms with Crippen molar-refractivity contribution < 1.29 is 19.4 Å². The Morgan fingerprint density at radius 3 is 2.62 bits per heavy atom. The number of ether oxygens (including phenoxy) is 2. The average Bonchev–Trinajstić information content (AvgIpc) is 2.52. The van der Waals surface area contributed by atoms with Crippen LogP contribution in [-0.2, 0) is 4.79 Å². The van der Waals surface area contributed by atoms with Gasteiger partial charge in [0.05, 0.1) is 7.11 Å². The van der Waals surface area contributed by atoms with Crippen molar-refractivity contribution >= 4 is 23.2 Å². The Hall–Kier alpha value is -1.82. The Balaban J connectivity index is 2.13. The highest BCUT2D eigenvalue weighted by Gasteiger charge is 2.16. The van der Waals surface area contributed by atoms with Crippen LogP contribution in [0.4, 0.5) is 0 Å². The van der Waals surface area contributed by atoms with Crippen molar-refractivity contribution in [1.82, 2.24) is 4.90 Å². The molecule has 1 aliphatic heterocycles. The van der Waals surface area contributed by atoms with Crippen LogP contribution < -0.4 is 9.47 Å². The van der Waals surface area contributed by atoms with E-state index >= 15 is 0 Å². The van der Waals surface area contributed by atoms with Crippen LogP contribution in [0, 0.1) is 0 Å². The summed E-state index contributed by atoms with van der Waals surface area (Å²) in [5.41, 5.74) is 0.895. The number of likely N-dealkylation sites (tertiary alicyclic amines) is 1. The number of hydrogen-bond acceptors (Lipinski definition) is 4. The standard InChI is InChI=1S/C15H19NO4S/c1-19-13-9-11(5-6-12(13)20-10-14(17)18)15(21)16-7-3-2-4-8-16/h5-6,9H,2-4,7-8,10H2,1H3,(H,17,18). The van der Waals surface area contributed by atoms with Crippen molar-refractivity contribution in [3.8, 4) is 11.5 Å². The second-order valence-electron chi connectivity index (χ2n) is 4.90. The highest BCUT2D eigenvalue weighted by Crippen LogP contribution is 2.29. The molecule has 2 rings (SSSR count). The van der Waals surface area contributed by atoms with Crippen LogP contribution in [0.2, 0.25) is 0 Å². The molecule has 0 spiro atoms. The molecule has 6 heteroatoms. The SMILES string of the molecule is COc1cc(C(=S)N2CCCCC2)ccc1OCC(=O)O. The molecule has 1 saturated heterocycles. The molecule has 21 heavy (non-hydrogen) atoms. The second-order valence-corrected chi connectivity index (χ2v) is 5.29. The first-order valence-electron chi connectivity index (χ1n) is 6.93. The Morgan fingerprint density at radius 2 is 2.00 bits per heavy atom. The van der Waals surface area contributed by atoms with Crippen LogP contribution in [0.25, 0.3) is 0 Å². The molecule has 1 aromatic rings. The maximum atomic E-state index is 10.6. The van der Waals surface area contributed by atoms with Gasteiger partial charge >= 0.3 is 5.97 Å². The van der Waals surface area contributed by atoms with E-state index in [-0.39, 0.29) is 0 Å². The molecule has 0 saturated carbocycles. The van der Waals surface area contributed by atoms with Crippen molar-refractivity contribution in [2.75, 3.05) is 26.8 Å². The van der Waals surface area contributed by atoms with Gasteiger partial charge in [-0.3, -0.25) is 0 Å². The Kier molecular flexibility index (Phi) is 5.38. The lowest BCUT2D eigenvalue weighted by atomic mass is 10.1. The summed E-state index contributed by atoms with van der Waals surface area (Å²) in [5, 5.41) is 8.66. The van der Waals surface area contributed by atoms with Gasteiger partial charge in [-0.25, -0.2) is 4.79 Å². The fourth-order valence-electron chi connectivity index (χ4n) is 2.34. The lowest BCUT2D eigenvalue weighted by Crippen LogP contribution is -2.34. The van der Waals surface area contributed by atoms with Gasteiger partial charge in [0.1, 0.15) is 4.99 Å². The first kappa shape index (κ1) is 15.6. The van der Waals surface area contributed by atoms with Crippen LogP contribution in [0.1, 0.15) is 24.8 Å². The number of carboxylic acid groups (broad SMARTS) is 1. The monoisotopic (exact) mass is 309 g/mol. The highest BCUT2D eigenvalue weighted by molar-refractivity contribution is 7.80. The maximum absolute atomic E-state index is 10.6. The minimum Gasteiger partial charge on any atom is -0.493 e. The van der Waals surface area contributed by atoms with Crippen molar-refractivity contribution in [3.63, 3.8) is 0 Å². The molecule has 114 valence electrons. The van der Waals surface area contributed by atoms with Crippen molar-refractivity contribution in [1.29, 1.82) is 0 Å². The van der Waals surface area contributed by atoms with Gasteiger partial charge in [0.2, 0.25) is 0 Å². The normalized spacial score (nSPS) is 14.6. The topological polar surface area (TPSA) is 59.0 Å². The van der Waals surface area contributed by atoms with Gasteiger partial charge in [0.15, 0.2) is 18.1 Å². The lowest BCUT2D eigenvalue weighted by molar-refractivity contribution is -0.139. The maximum Gasteiger partial charge on any atom is 0.341 e. The van der Waals surface area contributed by atoms with Crippen molar-refractivity contribution in [2.24, 2.45) is 0 Å². The molecule has 0 aromatic heterocycles. The molecular weight excluding hydrogens is 290 g/mol. The van der Waals surface area contributed by atoms with Crippen LogP contribution in [0.5, 0.6) is 11.5 Å². The highest BCUT2D eigenvalue weighted by atomic mass is 32.1. The summed E-state index contributed by atoms with van der Waals surface area (Å²) in [5.74, 6) is -0.122. The third-order valence-electron chi connectivity index (χ3n) is 3.40. The van der Waals surface area contributed by atoms with Gasteiger partial charge in [-0.05, 0) is 37.5 Å². The summed E-state index contributed by atoms with van der Waals surface area (Å²) in [7, 11) is 1.52. The molecule has 0 radical (unpaired) electrons. The third-order valence-corrected chi connectivity index (χ3v) is 3.90. The number of carboxylic acids is 1. The van der Waals surface area contributed by atoms with E-state index in [4.69, 9.17) is 26.8 Å². The van der Waals surface area contributed by atoms with E-state index in [2.05, 4.69) is 4.90 Å². The van der Waals surface area contributed by atoms with Gasteiger partial charge in [-0.2, -0.15) is 0 Å². The zero-order valence-corrected chi connectivity index (χ0v) is 12.8. The predicted molar refractivity (Wildman–Crippen MR) is 83.2 cm³/mol. The van der Waals surface area contributed by atoms with Gasteiger partial charge in [-0.15, -0.1) is 0 Å². The summed E-state index contributed by atoms with van der Waals surface area (Å²) in [4.78, 5) is 13.6. The van der Waals surface area contributed by atoms with Gasteiger partial charge in [0, 0.05) is 18.7 Å². The molecule has 1 fully saturated rings. The number of methoxy groups -OCH3 is 1. The van der Waals surface area contributed by atoms with Crippen LogP contribution in [-0.4, -0.2) is 47.8 Å². The Morgan fingerprint density at radius 1 is 1.29 bits per heavy atom. The molecular formula is C15H19NO4S. The fourth-order valence-corrected chi connectivity index (χ4v) is 2.65. The van der Waals surface area contributed by atoms with E-state index in [0.717, 1.165) is 36.5 Å². The van der Waals surface area contributed by atoms with Crippen molar-refractivity contribution in [2.45, 2.75) is 19.3 Å². The average molecular weight is 309 g/mol. The number of rotatable bonds is 5. The summed E-state index contributed by atoms with van der Waals surface area (Å²) in [6.45, 7) is 1.57. The smallest absolute Gasteiger partial charge is 0.341 e. The largest absolute Gasteiger partial charge is 0.493 e. The first-order chi connectivity index (χ1) is 10.1. The number of thiocarbonyl (C=S) groups is 1. The van der Waals surface area contributed by atoms with E-state index in [1.165, 1.54) is 13.5 Å². The quantitative estimate of drug-likeness (QED) is 0.842. The van der Waals surface area contributed by atoms with E-state index in [0.29, 0.717) is 11.5 Å². The van der Waals surface area contributed by atoms with E-state index < -0.39 is 12.6 Å². The van der Waals surface area contributed by atoms with E-state index in [1.54, 1.807) is 12.1 Å². The summed E-state index contributed by atoms with van der Waals surface area (Å²) >= 11 is 5.53. The molecule has 0 atom stereocenters. The number of nitrogens with zero attached hydrogens (tertiary/aromatic N) is 1. The van der Waals surface area contributed by atoms with Gasteiger partial charge in [0.25, 0.3) is 0 Å². The molecule has 1 aliphatic rings. The number of aliphatic carboxylic acids is 1. The van der Waals surface area contributed by atoms with Gasteiger partial charge < -0.3 is 19.5 Å². The summed E-state index contributed by atoms with van der Waals surface area (Å²) in [6.07, 6.45) is 3.58. The molecule has 1 heterocycles. The third kappa shape index (κ3) is 4.07. The van der Waals surface area contributed by atoms with E-state index in [1.807, 2.05) is 6.07 Å². The molecule has 5 nitrogen and oxygen atoms in total. The number of hydrogen-bond donors (Lipinski definition) is 1. The van der Waals surface area contributed by atoms with Gasteiger partial charge in [-0.1, -0.05) is 12.2 Å². The number of carbonyl (C=O) groups is 1. The van der Waals surface area contributed by atoms with Crippen LogP contribution in [0.3, 0.4) is 0 Å². The summed E-state index contributed by atoms with van der Waals surface area (Å²) < 4.78 is 10.4. The Labute approximate surface area is 129 Å². The zero-order valence-electron chi connectivity index (χ0n) is 12.0. The molecule has 1 N–H and O–H groups in total. The summed E-state index contributed by atoms with van der Waals surface area (Å²) in [6, 6.07) is 5.35. The van der Waals surface area contributed by atoms with Crippen molar-refractivity contribution in [3.05, 3.63) is 23.8 Å². The van der Waals surface area contributed by atoms with Crippen LogP contribution >= 0.6 is 12.2 Å². The molecule has 0 aliphatic carbocycles. The number of piperidine rings is 1. The molecule has 0 amide bonds. The second kappa shape index (κ2) is 7.26. The lowest BCUT2D eigenvalue weighted by Gasteiger charge is -2.29. The zero-order chi connectivity index (χ0) is 15.2. The Bertz CT molecular complexity index is 526. The number of benzene rings is 1. The molecule has 0 bridgehead atoms.